The maximum absolute atomic E-state index is 11.6. The first-order valence-corrected chi connectivity index (χ1v) is 6.18. The van der Waals surface area contributed by atoms with Gasteiger partial charge in [-0.2, -0.15) is 0 Å². The lowest BCUT2D eigenvalue weighted by Gasteiger charge is -2.19. The van der Waals surface area contributed by atoms with E-state index in [0.29, 0.717) is 6.42 Å². The topological polar surface area (TPSA) is 92.4 Å². The van der Waals surface area contributed by atoms with E-state index in [9.17, 15) is 9.59 Å². The molecule has 0 aliphatic rings. The Hall–Kier alpha value is -1.10. The highest BCUT2D eigenvalue weighted by Gasteiger charge is 2.24. The van der Waals surface area contributed by atoms with Crippen LogP contribution in [0, 0.1) is 5.92 Å². The number of carbonyl (C=O) groups is 2. The molecule has 0 saturated carbocycles. The number of nitrogens with one attached hydrogen (secondary N) is 1. The highest BCUT2D eigenvalue weighted by atomic mass is 16.4. The minimum Gasteiger partial charge on any atom is -0.480 e. The number of carboxylic acids is 1. The molecule has 4 N–H and O–H groups in total. The Labute approximate surface area is 103 Å². The molecule has 0 unspecified atom stereocenters. The summed E-state index contributed by atoms with van der Waals surface area (Å²) in [6, 6.07) is -1.47. The van der Waals surface area contributed by atoms with Gasteiger partial charge in [0.2, 0.25) is 5.91 Å². The third-order valence-electron chi connectivity index (χ3n) is 2.73. The summed E-state index contributed by atoms with van der Waals surface area (Å²) in [7, 11) is 0. The Morgan fingerprint density at radius 2 is 1.88 bits per heavy atom. The first kappa shape index (κ1) is 15.9. The molecule has 1 amide bonds. The lowest BCUT2D eigenvalue weighted by atomic mass is 10.0. The second-order valence-electron chi connectivity index (χ2n) is 4.66. The zero-order valence-corrected chi connectivity index (χ0v) is 10.9. The zero-order chi connectivity index (χ0) is 13.4. The molecule has 0 bridgehead atoms. The molecule has 0 radical (unpaired) electrons. The molecular formula is C12H24N2O3. The molecule has 100 valence electrons. The van der Waals surface area contributed by atoms with Crippen molar-refractivity contribution in [1.29, 1.82) is 0 Å². The number of hydrogen-bond acceptors (Lipinski definition) is 3. The third kappa shape index (κ3) is 6.26. The fraction of sp³-hybridized carbons (Fsp3) is 0.833. The summed E-state index contributed by atoms with van der Waals surface area (Å²) in [5.41, 5.74) is 5.66. The van der Waals surface area contributed by atoms with Crippen LogP contribution in [0.15, 0.2) is 0 Å². The van der Waals surface area contributed by atoms with Crippen molar-refractivity contribution in [2.75, 3.05) is 0 Å². The van der Waals surface area contributed by atoms with E-state index in [1.807, 2.05) is 20.8 Å². The normalized spacial score (nSPS) is 14.4. The summed E-state index contributed by atoms with van der Waals surface area (Å²) in [5, 5.41) is 11.5. The van der Waals surface area contributed by atoms with Gasteiger partial charge in [-0.05, 0) is 12.3 Å². The van der Waals surface area contributed by atoms with E-state index in [1.165, 1.54) is 0 Å². The lowest BCUT2D eigenvalue weighted by Crippen LogP contribution is -2.50. The molecule has 0 aliphatic heterocycles. The van der Waals surface area contributed by atoms with Crippen LogP contribution in [0.4, 0.5) is 0 Å². The minimum atomic E-state index is -0.995. The summed E-state index contributed by atoms with van der Waals surface area (Å²) in [6.07, 6.45) is 3.24. The maximum atomic E-state index is 11.6. The molecule has 0 aliphatic carbocycles. The average molecular weight is 244 g/mol. The van der Waals surface area contributed by atoms with E-state index in [2.05, 4.69) is 5.32 Å². The van der Waals surface area contributed by atoms with Crippen molar-refractivity contribution < 1.29 is 14.7 Å². The number of hydrogen-bond donors (Lipinski definition) is 3. The van der Waals surface area contributed by atoms with E-state index in [1.54, 1.807) is 0 Å². The monoisotopic (exact) mass is 244 g/mol. The predicted octanol–water partition coefficient (Wildman–Crippen LogP) is 1.12. The van der Waals surface area contributed by atoms with Gasteiger partial charge in [0.1, 0.15) is 6.04 Å². The summed E-state index contributed by atoms with van der Waals surface area (Å²) < 4.78 is 0. The van der Waals surface area contributed by atoms with Gasteiger partial charge in [-0.3, -0.25) is 4.79 Å². The van der Waals surface area contributed by atoms with Crippen LogP contribution in [-0.4, -0.2) is 29.1 Å². The van der Waals surface area contributed by atoms with Gasteiger partial charge in [0.15, 0.2) is 0 Å². The van der Waals surface area contributed by atoms with Crippen molar-refractivity contribution in [3.8, 4) is 0 Å². The fourth-order valence-corrected chi connectivity index (χ4v) is 1.43. The van der Waals surface area contributed by atoms with Crippen LogP contribution in [0.5, 0.6) is 0 Å². The molecule has 0 saturated heterocycles. The molecule has 17 heavy (non-hydrogen) atoms. The number of nitrogens with two attached hydrogens (primary N) is 1. The van der Waals surface area contributed by atoms with Gasteiger partial charge in [0, 0.05) is 0 Å². The van der Waals surface area contributed by atoms with Gasteiger partial charge < -0.3 is 16.2 Å². The molecule has 5 nitrogen and oxygen atoms in total. The smallest absolute Gasteiger partial charge is 0.326 e. The van der Waals surface area contributed by atoms with Gasteiger partial charge in [-0.15, -0.1) is 0 Å². The molecular weight excluding hydrogens is 220 g/mol. The van der Waals surface area contributed by atoms with E-state index in [0.717, 1.165) is 19.3 Å². The van der Waals surface area contributed by atoms with Gasteiger partial charge in [0.05, 0.1) is 6.04 Å². The second kappa shape index (κ2) is 8.06. The standard InChI is InChI=1S/C12H24N2O3/c1-4-5-6-7-9(12(16)17)14-11(15)10(13)8(2)3/h8-10H,4-7,13H2,1-3H3,(H,14,15)(H,16,17)/t9-,10-/m0/s1. The Kier molecular flexibility index (Phi) is 7.54. The lowest BCUT2D eigenvalue weighted by molar-refractivity contribution is -0.142. The molecule has 0 fully saturated rings. The highest BCUT2D eigenvalue weighted by molar-refractivity contribution is 5.86. The van der Waals surface area contributed by atoms with Gasteiger partial charge in [0.25, 0.3) is 0 Å². The van der Waals surface area contributed by atoms with Gasteiger partial charge >= 0.3 is 5.97 Å². The van der Waals surface area contributed by atoms with Gasteiger partial charge in [-0.1, -0.05) is 40.0 Å². The summed E-state index contributed by atoms with van der Waals surface area (Å²) in [6.45, 7) is 5.71. The molecule has 2 atom stereocenters. The van der Waals surface area contributed by atoms with E-state index < -0.39 is 18.1 Å². The number of aliphatic carboxylic acids is 1. The second-order valence-corrected chi connectivity index (χ2v) is 4.66. The third-order valence-corrected chi connectivity index (χ3v) is 2.73. The van der Waals surface area contributed by atoms with Crippen LogP contribution in [-0.2, 0) is 9.59 Å². The molecule has 0 aromatic carbocycles. The Balaban J connectivity index is 4.25. The first-order valence-electron chi connectivity index (χ1n) is 6.18. The summed E-state index contributed by atoms with van der Waals surface area (Å²) >= 11 is 0. The van der Waals surface area contributed by atoms with Crippen molar-refractivity contribution in [2.45, 2.75) is 58.5 Å². The Bertz CT molecular complexity index is 254. The van der Waals surface area contributed by atoms with Crippen molar-refractivity contribution >= 4 is 11.9 Å². The number of amides is 1. The van der Waals surface area contributed by atoms with E-state index in [-0.39, 0.29) is 11.8 Å². The van der Waals surface area contributed by atoms with E-state index >= 15 is 0 Å². The van der Waals surface area contributed by atoms with Crippen LogP contribution in [0.3, 0.4) is 0 Å². The SMILES string of the molecule is CCCCC[C@H](NC(=O)[C@@H](N)C(C)C)C(=O)O. The molecule has 5 heteroatoms. The van der Waals surface area contributed by atoms with Crippen LogP contribution in [0.25, 0.3) is 0 Å². The zero-order valence-electron chi connectivity index (χ0n) is 10.9. The van der Waals surface area contributed by atoms with Crippen molar-refractivity contribution in [1.82, 2.24) is 5.32 Å². The predicted molar refractivity (Wildman–Crippen MR) is 66.5 cm³/mol. The molecule has 0 spiro atoms. The number of carboxylic acid groups (broad SMARTS) is 1. The largest absolute Gasteiger partial charge is 0.480 e. The van der Waals surface area contributed by atoms with Gasteiger partial charge in [-0.25, -0.2) is 4.79 Å². The number of unbranched alkanes of at least 4 members (excludes halogenated alkanes) is 2. The first-order chi connectivity index (χ1) is 7.90. The van der Waals surface area contributed by atoms with E-state index in [4.69, 9.17) is 10.8 Å². The molecule has 0 rings (SSSR count). The Morgan fingerprint density at radius 1 is 1.29 bits per heavy atom. The summed E-state index contributed by atoms with van der Waals surface area (Å²) in [5.74, 6) is -1.38. The van der Waals surface area contributed by atoms with Crippen molar-refractivity contribution in [2.24, 2.45) is 11.7 Å². The van der Waals surface area contributed by atoms with Crippen LogP contribution in [0.1, 0.15) is 46.5 Å². The molecule has 0 aromatic rings. The van der Waals surface area contributed by atoms with Crippen molar-refractivity contribution in [3.05, 3.63) is 0 Å². The van der Waals surface area contributed by atoms with Crippen molar-refractivity contribution in [3.63, 3.8) is 0 Å². The average Bonchev–Trinajstić information content (AvgIpc) is 2.26. The van der Waals surface area contributed by atoms with Crippen LogP contribution >= 0.6 is 0 Å². The highest BCUT2D eigenvalue weighted by Crippen LogP contribution is 2.05. The van der Waals surface area contributed by atoms with Crippen LogP contribution in [0.2, 0.25) is 0 Å². The fourth-order valence-electron chi connectivity index (χ4n) is 1.43. The van der Waals surface area contributed by atoms with Crippen LogP contribution < -0.4 is 11.1 Å². The minimum absolute atomic E-state index is 0.0000803. The quantitative estimate of drug-likeness (QED) is 0.558. The number of carbonyl (C=O) groups excluding carboxylic acids is 1. The molecule has 0 aromatic heterocycles. The number of rotatable bonds is 8. The summed E-state index contributed by atoms with van der Waals surface area (Å²) in [4.78, 5) is 22.6. The maximum Gasteiger partial charge on any atom is 0.326 e. The molecule has 0 heterocycles. The Morgan fingerprint density at radius 3 is 2.29 bits per heavy atom.